The summed E-state index contributed by atoms with van der Waals surface area (Å²) >= 11 is 0. The molecule has 0 unspecified atom stereocenters. The minimum absolute atomic E-state index is 0.721. The topological polar surface area (TPSA) is 25.4 Å². The van der Waals surface area contributed by atoms with E-state index in [9.17, 15) is 0 Å². The molecular weight excluding hydrogens is 284 g/mol. The van der Waals surface area contributed by atoms with Gasteiger partial charge in [0.15, 0.2) is 0 Å². The molecule has 23 heavy (non-hydrogen) atoms. The molecule has 0 bridgehead atoms. The Bertz CT molecular complexity index is 709. The number of ether oxygens (including phenoxy) is 1. The van der Waals surface area contributed by atoms with Gasteiger partial charge >= 0.3 is 0 Å². The van der Waals surface area contributed by atoms with Crippen molar-refractivity contribution in [1.29, 1.82) is 0 Å². The molecule has 2 aliphatic rings. The van der Waals surface area contributed by atoms with E-state index < -0.39 is 0 Å². The van der Waals surface area contributed by atoms with E-state index in [0.29, 0.717) is 0 Å². The number of rotatable bonds is 3. The quantitative estimate of drug-likeness (QED) is 0.868. The normalized spacial score (nSPS) is 18.3. The standard InChI is InChI=1S/C20H22N2O/c1-2-4-16(5-3-1)14-22-11-8-20-18(15-22)6-7-19(21-20)17-9-12-23-13-10-17/h1-7,9H,8,10-15H2. The highest BCUT2D eigenvalue weighted by atomic mass is 16.5. The van der Waals surface area contributed by atoms with Crippen molar-refractivity contribution >= 4 is 5.57 Å². The molecule has 2 aliphatic heterocycles. The summed E-state index contributed by atoms with van der Waals surface area (Å²) < 4.78 is 5.39. The Kier molecular flexibility index (Phi) is 4.22. The fraction of sp³-hybridized carbons (Fsp3) is 0.350. The van der Waals surface area contributed by atoms with Crippen LogP contribution in [0, 0.1) is 0 Å². The zero-order valence-electron chi connectivity index (χ0n) is 13.4. The van der Waals surface area contributed by atoms with Gasteiger partial charge in [-0.1, -0.05) is 42.5 Å². The number of hydrogen-bond donors (Lipinski definition) is 0. The van der Waals surface area contributed by atoms with Gasteiger partial charge in [-0.3, -0.25) is 9.88 Å². The third-order valence-electron chi connectivity index (χ3n) is 4.67. The van der Waals surface area contributed by atoms with Crippen molar-refractivity contribution in [1.82, 2.24) is 9.88 Å². The Morgan fingerprint density at radius 2 is 1.96 bits per heavy atom. The fourth-order valence-electron chi connectivity index (χ4n) is 3.39. The summed E-state index contributed by atoms with van der Waals surface area (Å²) in [5, 5.41) is 0. The van der Waals surface area contributed by atoms with Crippen molar-refractivity contribution in [3.8, 4) is 0 Å². The predicted molar refractivity (Wildman–Crippen MR) is 91.9 cm³/mol. The molecule has 0 N–H and O–H groups in total. The van der Waals surface area contributed by atoms with Crippen LogP contribution < -0.4 is 0 Å². The zero-order chi connectivity index (χ0) is 15.5. The number of nitrogens with zero attached hydrogens (tertiary/aromatic N) is 2. The maximum atomic E-state index is 5.39. The van der Waals surface area contributed by atoms with Crippen molar-refractivity contribution in [2.75, 3.05) is 19.8 Å². The van der Waals surface area contributed by atoms with Gasteiger partial charge in [-0.25, -0.2) is 0 Å². The fourth-order valence-corrected chi connectivity index (χ4v) is 3.39. The summed E-state index contributed by atoms with van der Waals surface area (Å²) in [4.78, 5) is 7.43. The first-order chi connectivity index (χ1) is 11.4. The highest BCUT2D eigenvalue weighted by Crippen LogP contribution is 2.24. The molecule has 0 radical (unpaired) electrons. The first-order valence-electron chi connectivity index (χ1n) is 8.41. The summed E-state index contributed by atoms with van der Waals surface area (Å²) in [5.41, 5.74) is 6.52. The number of aromatic nitrogens is 1. The molecule has 0 amide bonds. The monoisotopic (exact) mass is 306 g/mol. The number of benzene rings is 1. The van der Waals surface area contributed by atoms with Crippen LogP contribution in [0.15, 0.2) is 48.5 Å². The van der Waals surface area contributed by atoms with Gasteiger partial charge in [-0.05, 0) is 29.2 Å². The Labute approximate surface area is 137 Å². The molecule has 118 valence electrons. The summed E-state index contributed by atoms with van der Waals surface area (Å²) in [6, 6.07) is 15.2. The second-order valence-electron chi connectivity index (χ2n) is 6.30. The lowest BCUT2D eigenvalue weighted by atomic mass is 10.0. The number of fused-ring (bicyclic) bond motifs is 1. The van der Waals surface area contributed by atoms with Gasteiger partial charge < -0.3 is 4.74 Å². The van der Waals surface area contributed by atoms with E-state index in [1.807, 2.05) is 0 Å². The second kappa shape index (κ2) is 6.65. The Balaban J connectivity index is 1.49. The number of pyridine rings is 1. The second-order valence-corrected chi connectivity index (χ2v) is 6.30. The summed E-state index contributed by atoms with van der Waals surface area (Å²) in [5.74, 6) is 0. The first kappa shape index (κ1) is 14.6. The highest BCUT2D eigenvalue weighted by Gasteiger charge is 2.19. The largest absolute Gasteiger partial charge is 0.377 e. The van der Waals surface area contributed by atoms with E-state index in [-0.39, 0.29) is 0 Å². The van der Waals surface area contributed by atoms with Crippen LogP contribution in [0.2, 0.25) is 0 Å². The van der Waals surface area contributed by atoms with E-state index in [1.165, 1.54) is 22.4 Å². The van der Waals surface area contributed by atoms with E-state index in [4.69, 9.17) is 9.72 Å². The Morgan fingerprint density at radius 1 is 1.04 bits per heavy atom. The van der Waals surface area contributed by atoms with Gasteiger partial charge in [0.2, 0.25) is 0 Å². The lowest BCUT2D eigenvalue weighted by molar-refractivity contribution is 0.161. The molecule has 0 saturated heterocycles. The van der Waals surface area contributed by atoms with E-state index in [0.717, 1.165) is 51.4 Å². The van der Waals surface area contributed by atoms with Crippen LogP contribution in [-0.2, 0) is 24.2 Å². The molecule has 1 aromatic heterocycles. The molecule has 1 aromatic carbocycles. The van der Waals surface area contributed by atoms with Crippen LogP contribution >= 0.6 is 0 Å². The van der Waals surface area contributed by atoms with Crippen LogP contribution in [0.25, 0.3) is 5.57 Å². The smallest absolute Gasteiger partial charge is 0.0663 e. The minimum atomic E-state index is 0.721. The zero-order valence-corrected chi connectivity index (χ0v) is 13.4. The minimum Gasteiger partial charge on any atom is -0.377 e. The molecular formula is C20H22N2O. The molecule has 0 saturated carbocycles. The Hall–Kier alpha value is -1.97. The maximum Gasteiger partial charge on any atom is 0.0663 e. The van der Waals surface area contributed by atoms with Gasteiger partial charge in [0.25, 0.3) is 0 Å². The summed E-state index contributed by atoms with van der Waals surface area (Å²) in [6.07, 6.45) is 4.19. The third kappa shape index (κ3) is 3.36. The third-order valence-corrected chi connectivity index (χ3v) is 4.67. The molecule has 0 aliphatic carbocycles. The molecule has 3 heteroatoms. The van der Waals surface area contributed by atoms with Crippen molar-refractivity contribution in [2.45, 2.75) is 25.9 Å². The predicted octanol–water partition coefficient (Wildman–Crippen LogP) is 3.44. The van der Waals surface area contributed by atoms with E-state index in [1.54, 1.807) is 0 Å². The molecule has 2 aromatic rings. The molecule has 3 nitrogen and oxygen atoms in total. The SMILES string of the molecule is C1=C(c2ccc3c(n2)CCN(Cc2ccccc2)C3)CCOC1. The van der Waals surface area contributed by atoms with Crippen LogP contribution in [-0.4, -0.2) is 29.6 Å². The lowest BCUT2D eigenvalue weighted by Gasteiger charge is -2.28. The van der Waals surface area contributed by atoms with Crippen molar-refractivity contribution < 1.29 is 4.74 Å². The first-order valence-corrected chi connectivity index (χ1v) is 8.41. The highest BCUT2D eigenvalue weighted by molar-refractivity contribution is 5.63. The lowest BCUT2D eigenvalue weighted by Crippen LogP contribution is -2.30. The van der Waals surface area contributed by atoms with Crippen molar-refractivity contribution in [2.24, 2.45) is 0 Å². The molecule has 0 fully saturated rings. The van der Waals surface area contributed by atoms with Crippen molar-refractivity contribution in [3.05, 3.63) is 71.1 Å². The molecule has 0 spiro atoms. The van der Waals surface area contributed by atoms with Gasteiger partial charge in [0.05, 0.1) is 18.9 Å². The van der Waals surface area contributed by atoms with E-state index in [2.05, 4.69) is 53.4 Å². The summed E-state index contributed by atoms with van der Waals surface area (Å²) in [6.45, 7) is 4.64. The number of hydrogen-bond acceptors (Lipinski definition) is 3. The van der Waals surface area contributed by atoms with Gasteiger partial charge in [0, 0.05) is 31.7 Å². The van der Waals surface area contributed by atoms with Crippen LogP contribution in [0.5, 0.6) is 0 Å². The van der Waals surface area contributed by atoms with Crippen LogP contribution in [0.4, 0.5) is 0 Å². The molecule has 0 atom stereocenters. The molecule has 4 rings (SSSR count). The average molecular weight is 306 g/mol. The molecule has 3 heterocycles. The van der Waals surface area contributed by atoms with Gasteiger partial charge in [-0.15, -0.1) is 0 Å². The average Bonchev–Trinajstić information content (AvgIpc) is 2.63. The van der Waals surface area contributed by atoms with Gasteiger partial charge in [-0.2, -0.15) is 0 Å². The van der Waals surface area contributed by atoms with Crippen molar-refractivity contribution in [3.63, 3.8) is 0 Å². The van der Waals surface area contributed by atoms with E-state index >= 15 is 0 Å². The van der Waals surface area contributed by atoms with Gasteiger partial charge in [0.1, 0.15) is 0 Å². The van der Waals surface area contributed by atoms with Crippen LogP contribution in [0.1, 0.15) is 28.9 Å². The summed E-state index contributed by atoms with van der Waals surface area (Å²) in [7, 11) is 0. The maximum absolute atomic E-state index is 5.39. The Morgan fingerprint density at radius 3 is 2.78 bits per heavy atom. The van der Waals surface area contributed by atoms with Crippen LogP contribution in [0.3, 0.4) is 0 Å².